The van der Waals surface area contributed by atoms with Gasteiger partial charge in [0.15, 0.2) is 0 Å². The zero-order valence-corrected chi connectivity index (χ0v) is 5.61. The van der Waals surface area contributed by atoms with Gasteiger partial charge in [-0.2, -0.15) is 0 Å². The van der Waals surface area contributed by atoms with Gasteiger partial charge in [0, 0.05) is 5.56 Å². The van der Waals surface area contributed by atoms with Gasteiger partial charge >= 0.3 is 0 Å². The van der Waals surface area contributed by atoms with E-state index in [2.05, 4.69) is 16.7 Å². The number of nitrogens with zero attached hydrogens (tertiary/aromatic N) is 2. The molecule has 0 bridgehead atoms. The van der Waals surface area contributed by atoms with E-state index < -0.39 is 0 Å². The van der Waals surface area contributed by atoms with Crippen molar-refractivity contribution in [1.29, 1.82) is 0 Å². The number of fused-ring (bicyclic) bond motifs is 1. The second-order valence-electron chi connectivity index (χ2n) is 2.16. The summed E-state index contributed by atoms with van der Waals surface area (Å²) >= 11 is 0. The van der Waals surface area contributed by atoms with E-state index >= 15 is 0 Å². The number of carbonyl (C=O) groups excluding carboxylic acids is 1. The van der Waals surface area contributed by atoms with Gasteiger partial charge in [-0.3, -0.25) is 4.79 Å². The number of carbonyl (C=O) groups is 1. The zero-order chi connectivity index (χ0) is 7.68. The molecule has 0 N–H and O–H groups in total. The van der Waals surface area contributed by atoms with E-state index in [1.165, 1.54) is 0 Å². The van der Waals surface area contributed by atoms with Gasteiger partial charge in [-0.05, 0) is 6.07 Å². The molecule has 3 nitrogen and oxygen atoms in total. The Kier molecular flexibility index (Phi) is 1.22. The van der Waals surface area contributed by atoms with Crippen LogP contribution in [0.1, 0.15) is 15.9 Å². The topological polar surface area (TPSA) is 43.5 Å². The van der Waals surface area contributed by atoms with E-state index in [9.17, 15) is 4.79 Å². The quantitative estimate of drug-likeness (QED) is 0.527. The first-order valence-corrected chi connectivity index (χ1v) is 3.18. The number of amides is 1. The van der Waals surface area contributed by atoms with Crippen LogP contribution in [0.4, 0.5) is 0 Å². The maximum absolute atomic E-state index is 11.0. The highest BCUT2D eigenvalue weighted by atomic mass is 16.2. The number of hydrogen-bond acceptors (Lipinski definition) is 2. The van der Waals surface area contributed by atoms with Gasteiger partial charge in [-0.25, -0.2) is 0 Å². The van der Waals surface area contributed by atoms with Crippen molar-refractivity contribution >= 4 is 12.1 Å². The average molecular weight is 144 g/mol. The van der Waals surface area contributed by atoms with Gasteiger partial charge in [0.25, 0.3) is 5.91 Å². The lowest BCUT2D eigenvalue weighted by molar-refractivity contribution is 0.0948. The number of rotatable bonds is 0. The van der Waals surface area contributed by atoms with Gasteiger partial charge in [0.1, 0.15) is 6.21 Å². The lowest BCUT2D eigenvalue weighted by Crippen LogP contribution is -2.17. The van der Waals surface area contributed by atoms with Crippen LogP contribution in [0.25, 0.3) is 0 Å². The molecule has 2 rings (SSSR count). The summed E-state index contributed by atoms with van der Waals surface area (Å²) < 4.78 is 0. The molecule has 1 aliphatic rings. The predicted molar refractivity (Wildman–Crippen MR) is 39.4 cm³/mol. The minimum absolute atomic E-state index is 0.292. The maximum Gasteiger partial charge on any atom is 0.296 e. The van der Waals surface area contributed by atoms with Gasteiger partial charge < -0.3 is 0 Å². The van der Waals surface area contributed by atoms with Crippen molar-refractivity contribution in [1.82, 2.24) is 5.43 Å². The Morgan fingerprint density at radius 1 is 1.27 bits per heavy atom. The monoisotopic (exact) mass is 144 g/mol. The summed E-state index contributed by atoms with van der Waals surface area (Å²) in [5.41, 5.74) is 4.63. The van der Waals surface area contributed by atoms with Crippen LogP contribution in [0.2, 0.25) is 0 Å². The molecular weight excluding hydrogens is 140 g/mol. The molecule has 0 fully saturated rings. The second-order valence-corrected chi connectivity index (χ2v) is 2.16. The summed E-state index contributed by atoms with van der Waals surface area (Å²) in [4.78, 5) is 11.0. The molecule has 2 radical (unpaired) electrons. The molecular formula is C8H4N2O. The zero-order valence-electron chi connectivity index (χ0n) is 5.61. The second kappa shape index (κ2) is 2.20. The van der Waals surface area contributed by atoms with Crippen molar-refractivity contribution in [2.45, 2.75) is 0 Å². The molecule has 1 aromatic rings. The third-order valence-electron chi connectivity index (χ3n) is 1.47. The molecule has 0 saturated carbocycles. The van der Waals surface area contributed by atoms with E-state index in [0.717, 1.165) is 0 Å². The largest absolute Gasteiger partial charge is 0.296 e. The van der Waals surface area contributed by atoms with E-state index in [1.807, 2.05) is 6.07 Å². The summed E-state index contributed by atoms with van der Waals surface area (Å²) in [5, 5.41) is 3.42. The number of hydrogen-bond donors (Lipinski definition) is 0. The predicted octanol–water partition coefficient (Wildman–Crippen LogP) is 0.656. The summed E-state index contributed by atoms with van der Waals surface area (Å²) in [5.74, 6) is -0.292. The van der Waals surface area contributed by atoms with Crippen LogP contribution in [0.5, 0.6) is 0 Å². The van der Waals surface area contributed by atoms with Crippen LogP contribution in [-0.2, 0) is 0 Å². The molecule has 52 valence electrons. The van der Waals surface area contributed by atoms with Crippen molar-refractivity contribution < 1.29 is 4.79 Å². The van der Waals surface area contributed by atoms with Gasteiger partial charge in [0.2, 0.25) is 0 Å². The minimum Gasteiger partial charge on any atom is -0.265 e. The molecule has 1 heterocycles. The average Bonchev–Trinajstić information content (AvgIpc) is 2.06. The molecule has 0 aromatic heterocycles. The number of benzene rings is 1. The van der Waals surface area contributed by atoms with Gasteiger partial charge in [-0.15, -0.1) is 10.5 Å². The molecule has 1 amide bonds. The summed E-state index contributed by atoms with van der Waals surface area (Å²) in [7, 11) is 0. The molecule has 0 saturated heterocycles. The molecule has 0 atom stereocenters. The summed E-state index contributed by atoms with van der Waals surface area (Å²) in [6, 6.07) is 7.12. The fraction of sp³-hybridized carbons (Fsp3) is 0. The molecule has 0 spiro atoms. The van der Waals surface area contributed by atoms with Crippen LogP contribution in [-0.4, -0.2) is 12.1 Å². The van der Waals surface area contributed by atoms with Gasteiger partial charge in [-0.1, -0.05) is 18.2 Å². The Morgan fingerprint density at radius 3 is 2.91 bits per heavy atom. The summed E-state index contributed by atoms with van der Waals surface area (Å²) in [6.45, 7) is 0. The van der Waals surface area contributed by atoms with Crippen LogP contribution in [0.3, 0.4) is 0 Å². The van der Waals surface area contributed by atoms with E-state index in [1.54, 1.807) is 18.2 Å². The van der Waals surface area contributed by atoms with Crippen LogP contribution >= 0.6 is 0 Å². The third kappa shape index (κ3) is 0.902. The fourth-order valence-electron chi connectivity index (χ4n) is 0.945. The SMILES string of the molecule is O=C1[N]N=[C]c2ccccc21. The molecule has 0 unspecified atom stereocenters. The summed E-state index contributed by atoms with van der Waals surface area (Å²) in [6.07, 6.45) is 2.63. The van der Waals surface area contributed by atoms with Crippen molar-refractivity contribution in [3.8, 4) is 0 Å². The smallest absolute Gasteiger partial charge is 0.265 e. The van der Waals surface area contributed by atoms with E-state index in [-0.39, 0.29) is 5.91 Å². The Balaban J connectivity index is 2.63. The third-order valence-corrected chi connectivity index (χ3v) is 1.47. The molecule has 11 heavy (non-hydrogen) atoms. The lowest BCUT2D eigenvalue weighted by Gasteiger charge is -2.04. The Hall–Kier alpha value is -1.64. The molecule has 0 aliphatic carbocycles. The van der Waals surface area contributed by atoms with Crippen molar-refractivity contribution in [3.05, 3.63) is 35.4 Å². The normalized spacial score (nSPS) is 14.0. The maximum atomic E-state index is 11.0. The highest BCUT2D eigenvalue weighted by Crippen LogP contribution is 2.09. The molecule has 1 aromatic carbocycles. The van der Waals surface area contributed by atoms with E-state index in [0.29, 0.717) is 11.1 Å². The van der Waals surface area contributed by atoms with Crippen LogP contribution in [0, 0.1) is 0 Å². The Labute approximate surface area is 63.7 Å². The molecule has 1 aliphatic heterocycles. The first-order valence-electron chi connectivity index (χ1n) is 3.18. The molecule has 3 heteroatoms. The van der Waals surface area contributed by atoms with Gasteiger partial charge in [0.05, 0.1) is 5.56 Å². The minimum atomic E-state index is -0.292. The fourth-order valence-corrected chi connectivity index (χ4v) is 0.945. The Morgan fingerprint density at radius 2 is 2.09 bits per heavy atom. The highest BCUT2D eigenvalue weighted by molar-refractivity contribution is 6.04. The first kappa shape index (κ1) is 6.09. The van der Waals surface area contributed by atoms with Crippen LogP contribution < -0.4 is 5.43 Å². The van der Waals surface area contributed by atoms with Crippen molar-refractivity contribution in [2.75, 3.05) is 0 Å². The van der Waals surface area contributed by atoms with Crippen molar-refractivity contribution in [3.63, 3.8) is 0 Å². The van der Waals surface area contributed by atoms with Crippen molar-refractivity contribution in [2.24, 2.45) is 5.10 Å². The highest BCUT2D eigenvalue weighted by Gasteiger charge is 2.14. The van der Waals surface area contributed by atoms with Crippen LogP contribution in [0.15, 0.2) is 29.4 Å². The first-order chi connectivity index (χ1) is 5.38. The van der Waals surface area contributed by atoms with E-state index in [4.69, 9.17) is 0 Å². The standard InChI is InChI=1S/C8H4N2O/c11-8-7-4-2-1-3-6(7)5-9-10-8/h1-4H. The lowest BCUT2D eigenvalue weighted by atomic mass is 10.1. The Bertz CT molecular complexity index is 331.